The molecule has 2 unspecified atom stereocenters. The molecule has 0 bridgehead atoms. The van der Waals surface area contributed by atoms with Gasteiger partial charge in [0.05, 0.1) is 28.5 Å². The zero-order valence-corrected chi connectivity index (χ0v) is 19.4. The minimum Gasteiger partial charge on any atom is -0.427 e. The van der Waals surface area contributed by atoms with Gasteiger partial charge in [0, 0.05) is 17.9 Å². The fourth-order valence-corrected chi connectivity index (χ4v) is 4.86. The molecule has 1 fully saturated rings. The molecule has 2 N–H and O–H groups in total. The Morgan fingerprint density at radius 2 is 2.00 bits per heavy atom. The molecule has 0 aliphatic carbocycles. The van der Waals surface area contributed by atoms with Gasteiger partial charge < -0.3 is 24.5 Å². The summed E-state index contributed by atoms with van der Waals surface area (Å²) in [5.41, 5.74) is -0.488. The summed E-state index contributed by atoms with van der Waals surface area (Å²) in [6, 6.07) is 1.27. The number of rotatable bonds is 7. The van der Waals surface area contributed by atoms with Crippen molar-refractivity contribution in [2.75, 3.05) is 12.5 Å². The van der Waals surface area contributed by atoms with Crippen molar-refractivity contribution in [2.24, 2.45) is 17.3 Å². The van der Waals surface area contributed by atoms with E-state index >= 15 is 0 Å². The molecule has 1 saturated heterocycles. The first-order chi connectivity index (χ1) is 14.9. The monoisotopic (exact) mass is 465 g/mol. The highest BCUT2D eigenvalue weighted by molar-refractivity contribution is 7.99. The Balaban J connectivity index is 1.81. The molecule has 3 rings (SSSR count). The maximum atomic E-state index is 12.9. The van der Waals surface area contributed by atoms with Crippen LogP contribution in [0.15, 0.2) is 33.4 Å². The number of H-pyrrole nitrogens is 1. The Labute approximate surface area is 189 Å². The van der Waals surface area contributed by atoms with Crippen LogP contribution in [-0.2, 0) is 23.9 Å². The van der Waals surface area contributed by atoms with Crippen molar-refractivity contribution in [2.45, 2.75) is 51.8 Å². The smallest absolute Gasteiger partial charge is 0.357 e. The van der Waals surface area contributed by atoms with Gasteiger partial charge in [-0.15, -0.1) is 11.8 Å². The fraction of sp³-hybridized carbons (Fsp3) is 0.571. The summed E-state index contributed by atoms with van der Waals surface area (Å²) in [4.78, 5) is 56.5. The van der Waals surface area contributed by atoms with Gasteiger partial charge in [0.15, 0.2) is 0 Å². The summed E-state index contributed by atoms with van der Waals surface area (Å²) in [5, 5.41) is 10.6. The lowest BCUT2D eigenvalue weighted by Gasteiger charge is -2.46. The molecule has 0 spiro atoms. The number of carbonyl (C=O) groups is 3. The van der Waals surface area contributed by atoms with E-state index < -0.39 is 41.9 Å². The van der Waals surface area contributed by atoms with E-state index in [1.54, 1.807) is 33.8 Å². The molecule has 32 heavy (non-hydrogen) atoms. The standard InChI is InChI=1S/C21H27N3O7S/c1-10-12(8-32-13-6-7-22-20(29)23-13)16(24-15(10)14(11(2)25)17(24)26)18(27)30-9-31-19(28)21(3,4)5/h6-7,10-11,14-15,25H,8-9H2,1-5H3,(H,22,23,29)/t10-,11+,14?,15?/m0/s1. The number of thioether (sulfide) groups is 1. The quantitative estimate of drug-likeness (QED) is 0.199. The lowest BCUT2D eigenvalue weighted by molar-refractivity contribution is -0.175. The Morgan fingerprint density at radius 3 is 2.59 bits per heavy atom. The molecule has 0 saturated carbocycles. The van der Waals surface area contributed by atoms with Crippen LogP contribution < -0.4 is 5.69 Å². The van der Waals surface area contributed by atoms with Gasteiger partial charge in [-0.3, -0.25) is 9.59 Å². The van der Waals surface area contributed by atoms with E-state index in [1.165, 1.54) is 22.9 Å². The molecule has 2 aliphatic rings. The highest BCUT2D eigenvalue weighted by atomic mass is 32.2. The van der Waals surface area contributed by atoms with Crippen molar-refractivity contribution in [3.63, 3.8) is 0 Å². The van der Waals surface area contributed by atoms with E-state index in [0.29, 0.717) is 16.4 Å². The number of carbonyl (C=O) groups excluding carboxylic acids is 3. The van der Waals surface area contributed by atoms with Gasteiger partial charge in [-0.2, -0.15) is 0 Å². The van der Waals surface area contributed by atoms with Crippen LogP contribution >= 0.6 is 11.8 Å². The molecule has 10 nitrogen and oxygen atoms in total. The van der Waals surface area contributed by atoms with E-state index in [2.05, 4.69) is 9.97 Å². The van der Waals surface area contributed by atoms with Crippen LogP contribution in [0.1, 0.15) is 34.6 Å². The zero-order valence-electron chi connectivity index (χ0n) is 18.6. The van der Waals surface area contributed by atoms with Crippen molar-refractivity contribution in [3.8, 4) is 0 Å². The number of hydrogen-bond acceptors (Lipinski definition) is 9. The van der Waals surface area contributed by atoms with Crippen molar-refractivity contribution in [1.29, 1.82) is 0 Å². The largest absolute Gasteiger partial charge is 0.427 e. The van der Waals surface area contributed by atoms with Crippen LogP contribution in [0.25, 0.3) is 0 Å². The zero-order chi connectivity index (χ0) is 23.8. The van der Waals surface area contributed by atoms with Crippen molar-refractivity contribution < 1.29 is 29.0 Å². The highest BCUT2D eigenvalue weighted by Gasteiger charge is 2.59. The summed E-state index contributed by atoms with van der Waals surface area (Å²) in [7, 11) is 0. The molecule has 3 heterocycles. The predicted octanol–water partition coefficient (Wildman–Crippen LogP) is 1.06. The fourth-order valence-electron chi connectivity index (χ4n) is 3.84. The maximum absolute atomic E-state index is 12.9. The highest BCUT2D eigenvalue weighted by Crippen LogP contribution is 2.48. The molecule has 0 aromatic carbocycles. The molecule has 174 valence electrons. The Kier molecular flexibility index (Phi) is 6.80. The van der Waals surface area contributed by atoms with E-state index in [4.69, 9.17) is 9.47 Å². The number of aromatic nitrogens is 2. The van der Waals surface area contributed by atoms with Gasteiger partial charge in [-0.1, -0.05) is 6.92 Å². The molecule has 4 atom stereocenters. The number of ether oxygens (including phenoxy) is 2. The lowest BCUT2D eigenvalue weighted by Crippen LogP contribution is -2.63. The predicted molar refractivity (Wildman–Crippen MR) is 114 cm³/mol. The number of nitrogens with one attached hydrogen (secondary N) is 1. The van der Waals surface area contributed by atoms with Crippen LogP contribution in [-0.4, -0.2) is 62.5 Å². The number of hydrogen-bond donors (Lipinski definition) is 2. The third-order valence-electron chi connectivity index (χ3n) is 5.53. The van der Waals surface area contributed by atoms with Crippen LogP contribution in [0.4, 0.5) is 0 Å². The van der Waals surface area contributed by atoms with Gasteiger partial charge in [0.1, 0.15) is 5.70 Å². The van der Waals surface area contributed by atoms with Gasteiger partial charge in [0.2, 0.25) is 12.7 Å². The van der Waals surface area contributed by atoms with Crippen LogP contribution in [0.3, 0.4) is 0 Å². The molecule has 0 radical (unpaired) electrons. The normalized spacial score (nSPS) is 23.5. The summed E-state index contributed by atoms with van der Waals surface area (Å²) < 4.78 is 10.2. The summed E-state index contributed by atoms with van der Waals surface area (Å²) in [5.74, 6) is -2.18. The second-order valence-corrected chi connectivity index (χ2v) is 9.90. The first-order valence-electron chi connectivity index (χ1n) is 10.2. The number of aliphatic hydroxyl groups excluding tert-OH is 1. The number of aromatic amines is 1. The van der Waals surface area contributed by atoms with Gasteiger partial charge >= 0.3 is 17.6 Å². The molecular formula is C21H27N3O7S. The molecular weight excluding hydrogens is 438 g/mol. The molecule has 1 aromatic heterocycles. The average molecular weight is 466 g/mol. The average Bonchev–Trinajstić information content (AvgIpc) is 2.93. The minimum absolute atomic E-state index is 0.0973. The van der Waals surface area contributed by atoms with E-state index in [-0.39, 0.29) is 23.6 Å². The summed E-state index contributed by atoms with van der Waals surface area (Å²) in [6.45, 7) is 7.89. The number of β-lactam (4-membered cyclic amide) rings is 1. The number of amides is 1. The number of nitrogens with zero attached hydrogens (tertiary/aromatic N) is 2. The molecule has 1 aromatic rings. The van der Waals surface area contributed by atoms with Gasteiger partial charge in [0.25, 0.3) is 0 Å². The summed E-state index contributed by atoms with van der Waals surface area (Å²) in [6.07, 6.45) is 0.520. The molecule has 1 amide bonds. The number of aliphatic hydroxyl groups is 1. The van der Waals surface area contributed by atoms with E-state index in [9.17, 15) is 24.3 Å². The number of esters is 2. The third-order valence-corrected chi connectivity index (χ3v) is 6.54. The maximum Gasteiger partial charge on any atom is 0.357 e. The molecule has 2 aliphatic heterocycles. The second kappa shape index (κ2) is 9.07. The third kappa shape index (κ3) is 4.58. The topological polar surface area (TPSA) is 139 Å². The first-order valence-corrected chi connectivity index (χ1v) is 11.2. The van der Waals surface area contributed by atoms with Gasteiger partial charge in [-0.25, -0.2) is 14.6 Å². The Hall–Kier alpha value is -2.66. The number of fused-ring (bicyclic) bond motifs is 1. The first kappa shape index (κ1) is 24.0. The SMILES string of the molecule is C[C@@H](O)C1C(=O)N2C(C(=O)OCOC(=O)C(C)(C)C)=C(CSc3ccnc(=O)[nH]3)[C@H](C)C12. The second-order valence-electron chi connectivity index (χ2n) is 8.89. The Bertz CT molecular complexity index is 1010. The van der Waals surface area contributed by atoms with Crippen molar-refractivity contribution in [1.82, 2.24) is 14.9 Å². The van der Waals surface area contributed by atoms with Crippen molar-refractivity contribution in [3.05, 3.63) is 34.0 Å². The van der Waals surface area contributed by atoms with E-state index in [1.807, 2.05) is 6.92 Å². The van der Waals surface area contributed by atoms with Gasteiger partial charge in [-0.05, 0) is 39.3 Å². The summed E-state index contributed by atoms with van der Waals surface area (Å²) >= 11 is 1.28. The van der Waals surface area contributed by atoms with Crippen molar-refractivity contribution >= 4 is 29.6 Å². The van der Waals surface area contributed by atoms with Crippen LogP contribution in [0.2, 0.25) is 0 Å². The van der Waals surface area contributed by atoms with Crippen LogP contribution in [0.5, 0.6) is 0 Å². The lowest BCUT2D eigenvalue weighted by atomic mass is 9.78. The minimum atomic E-state index is -0.861. The van der Waals surface area contributed by atoms with E-state index in [0.717, 1.165) is 0 Å². The Morgan fingerprint density at radius 1 is 1.31 bits per heavy atom. The molecule has 11 heteroatoms. The van der Waals surface area contributed by atoms with Crippen LogP contribution in [0, 0.1) is 17.3 Å².